The zero-order chi connectivity index (χ0) is 22.4. The average Bonchev–Trinajstić information content (AvgIpc) is 3.46. The molecule has 32 heavy (non-hydrogen) atoms. The molecule has 0 fully saturated rings. The van der Waals surface area contributed by atoms with Crippen LogP contribution in [0.15, 0.2) is 30.3 Å². The Bertz CT molecular complexity index is 1270. The maximum Gasteiger partial charge on any atom is 0.276 e. The molecule has 0 spiro atoms. The lowest BCUT2D eigenvalue weighted by Crippen LogP contribution is -2.29. The number of benzene rings is 1. The summed E-state index contributed by atoms with van der Waals surface area (Å²) in [4.78, 5) is 21.9. The molecule has 166 valence electrons. The molecule has 1 aliphatic rings. The van der Waals surface area contributed by atoms with Crippen molar-refractivity contribution in [3.63, 3.8) is 0 Å². The minimum atomic E-state index is -0.166. The third-order valence-corrected chi connectivity index (χ3v) is 8.15. The maximum atomic E-state index is 13.2. The molecular weight excluding hydrogens is 438 g/mol. The van der Waals surface area contributed by atoms with E-state index in [9.17, 15) is 4.79 Å². The fraction of sp³-hybridized carbons (Fsp3) is 0.375. The van der Waals surface area contributed by atoms with E-state index in [4.69, 9.17) is 4.98 Å². The van der Waals surface area contributed by atoms with E-state index in [1.165, 1.54) is 10.4 Å². The van der Waals surface area contributed by atoms with Crippen LogP contribution in [0.5, 0.6) is 0 Å². The molecule has 4 heterocycles. The summed E-state index contributed by atoms with van der Waals surface area (Å²) in [6.07, 6.45) is 0.974. The third kappa shape index (κ3) is 3.76. The first-order chi connectivity index (χ1) is 15.4. The zero-order valence-corrected chi connectivity index (χ0v) is 20.4. The second-order valence-electron chi connectivity index (χ2n) is 8.48. The van der Waals surface area contributed by atoms with E-state index in [1.54, 1.807) is 22.7 Å². The fourth-order valence-corrected chi connectivity index (χ4v) is 6.70. The maximum absolute atomic E-state index is 13.2. The van der Waals surface area contributed by atoms with Gasteiger partial charge in [0, 0.05) is 35.3 Å². The van der Waals surface area contributed by atoms with Gasteiger partial charge in [0.2, 0.25) is 0 Å². The molecule has 0 saturated heterocycles. The molecule has 0 bridgehead atoms. The summed E-state index contributed by atoms with van der Waals surface area (Å²) in [6, 6.07) is 10.3. The number of anilines is 1. The summed E-state index contributed by atoms with van der Waals surface area (Å²) in [5.41, 5.74) is 4.86. The molecule has 4 aromatic rings. The number of thiazole rings is 1. The molecule has 0 atom stereocenters. The highest BCUT2D eigenvalue weighted by atomic mass is 32.1. The van der Waals surface area contributed by atoms with E-state index in [0.29, 0.717) is 5.69 Å². The number of hydrogen-bond donors (Lipinski definition) is 1. The van der Waals surface area contributed by atoms with Crippen molar-refractivity contribution in [2.75, 3.05) is 18.4 Å². The number of fused-ring (bicyclic) bond motifs is 2. The lowest BCUT2D eigenvalue weighted by molar-refractivity contribution is 0.102. The van der Waals surface area contributed by atoms with Crippen LogP contribution in [0.3, 0.4) is 0 Å². The second kappa shape index (κ2) is 8.42. The summed E-state index contributed by atoms with van der Waals surface area (Å²) < 4.78 is 3.05. The molecule has 0 saturated carbocycles. The first-order valence-electron chi connectivity index (χ1n) is 11.0. The number of aryl methyl sites for hydroxylation is 1. The Morgan fingerprint density at radius 2 is 2.06 bits per heavy atom. The first kappa shape index (κ1) is 21.3. The number of nitrogens with zero attached hydrogens (tertiary/aromatic N) is 4. The first-order valence-corrected chi connectivity index (χ1v) is 12.7. The van der Waals surface area contributed by atoms with Crippen molar-refractivity contribution in [1.82, 2.24) is 19.7 Å². The van der Waals surface area contributed by atoms with Crippen LogP contribution >= 0.6 is 22.7 Å². The second-order valence-corrected chi connectivity index (χ2v) is 10.6. The number of aromatic nitrogens is 3. The van der Waals surface area contributed by atoms with Crippen LogP contribution in [-0.2, 0) is 13.0 Å². The van der Waals surface area contributed by atoms with Gasteiger partial charge in [-0.15, -0.1) is 22.7 Å². The highest BCUT2D eigenvalue weighted by molar-refractivity contribution is 7.22. The Hall–Kier alpha value is -2.55. The molecule has 0 unspecified atom stereocenters. The molecular formula is C24H27N5OS2. The highest BCUT2D eigenvalue weighted by Gasteiger charge is 2.28. The van der Waals surface area contributed by atoms with Crippen LogP contribution in [0.4, 0.5) is 5.00 Å². The predicted molar refractivity (Wildman–Crippen MR) is 133 cm³/mol. The Morgan fingerprint density at radius 3 is 2.78 bits per heavy atom. The molecule has 1 N–H and O–H groups in total. The van der Waals surface area contributed by atoms with Crippen molar-refractivity contribution >= 4 is 43.8 Å². The van der Waals surface area contributed by atoms with Gasteiger partial charge in [0.1, 0.15) is 10.0 Å². The molecule has 0 aliphatic carbocycles. The Labute approximate surface area is 195 Å². The van der Waals surface area contributed by atoms with Crippen molar-refractivity contribution in [2.45, 2.75) is 46.7 Å². The Kier molecular flexibility index (Phi) is 5.61. The molecule has 6 nitrogen and oxygen atoms in total. The van der Waals surface area contributed by atoms with Crippen LogP contribution in [0, 0.1) is 6.92 Å². The quantitative estimate of drug-likeness (QED) is 0.408. The van der Waals surface area contributed by atoms with Crippen molar-refractivity contribution in [2.24, 2.45) is 0 Å². The summed E-state index contributed by atoms with van der Waals surface area (Å²) in [7, 11) is 0. The largest absolute Gasteiger partial charge is 0.312 e. The third-order valence-electron chi connectivity index (χ3n) is 5.96. The van der Waals surface area contributed by atoms with Crippen molar-refractivity contribution in [1.29, 1.82) is 0 Å². The molecule has 1 aliphatic heterocycles. The van der Waals surface area contributed by atoms with E-state index in [0.717, 1.165) is 57.5 Å². The normalized spacial score (nSPS) is 14.3. The number of nitrogens with one attached hydrogen (secondary N) is 1. The van der Waals surface area contributed by atoms with Gasteiger partial charge in [-0.1, -0.05) is 19.1 Å². The van der Waals surface area contributed by atoms with Gasteiger partial charge in [-0.25, -0.2) is 4.98 Å². The van der Waals surface area contributed by atoms with Crippen LogP contribution in [0.25, 0.3) is 20.8 Å². The van der Waals surface area contributed by atoms with Crippen LogP contribution in [0.2, 0.25) is 0 Å². The van der Waals surface area contributed by atoms with E-state index in [2.05, 4.69) is 42.2 Å². The van der Waals surface area contributed by atoms with Crippen molar-refractivity contribution < 1.29 is 4.79 Å². The summed E-state index contributed by atoms with van der Waals surface area (Å²) in [5, 5.41) is 9.59. The Morgan fingerprint density at radius 1 is 1.25 bits per heavy atom. The lowest BCUT2D eigenvalue weighted by Gasteiger charge is -2.25. The summed E-state index contributed by atoms with van der Waals surface area (Å²) >= 11 is 3.38. The van der Waals surface area contributed by atoms with E-state index in [1.807, 2.05) is 35.9 Å². The highest BCUT2D eigenvalue weighted by Crippen LogP contribution is 2.45. The number of hydrogen-bond acceptors (Lipinski definition) is 6. The van der Waals surface area contributed by atoms with E-state index >= 15 is 0 Å². The van der Waals surface area contributed by atoms with Crippen LogP contribution in [0.1, 0.15) is 53.4 Å². The van der Waals surface area contributed by atoms with Gasteiger partial charge in [0.25, 0.3) is 5.91 Å². The SMILES string of the molecule is CCN1CCc2c(sc(NC(=O)c3cc(C)n(C(C)C)n3)c2-c2nc3ccccc3s2)C1. The average molecular weight is 466 g/mol. The minimum absolute atomic E-state index is 0.166. The van der Waals surface area contributed by atoms with Gasteiger partial charge in [0.15, 0.2) is 5.69 Å². The van der Waals surface area contributed by atoms with Crippen molar-refractivity contribution in [3.05, 3.63) is 52.2 Å². The standard InChI is InChI=1S/C24H27N5OS2/c1-5-28-11-10-16-20(13-28)32-24(21(16)23-25-17-8-6-7-9-19(17)31-23)26-22(30)18-12-15(4)29(27-18)14(2)3/h6-9,12,14H,5,10-11,13H2,1-4H3,(H,26,30). The number of carbonyl (C=O) groups excluding carboxylic acids is 1. The van der Waals surface area contributed by atoms with E-state index < -0.39 is 0 Å². The smallest absolute Gasteiger partial charge is 0.276 e. The number of carbonyl (C=O) groups is 1. The van der Waals surface area contributed by atoms with Gasteiger partial charge in [-0.05, 0) is 57.5 Å². The van der Waals surface area contributed by atoms with Gasteiger partial charge < -0.3 is 5.32 Å². The molecule has 1 amide bonds. The van der Waals surface area contributed by atoms with Crippen LogP contribution < -0.4 is 5.32 Å². The molecule has 0 radical (unpaired) electrons. The fourth-order valence-electron chi connectivity index (χ4n) is 4.31. The van der Waals surface area contributed by atoms with Gasteiger partial charge in [-0.3, -0.25) is 14.4 Å². The predicted octanol–water partition coefficient (Wildman–Crippen LogP) is 5.74. The van der Waals surface area contributed by atoms with E-state index in [-0.39, 0.29) is 11.9 Å². The number of para-hydroxylation sites is 1. The summed E-state index contributed by atoms with van der Waals surface area (Å²) in [5.74, 6) is -0.166. The summed E-state index contributed by atoms with van der Waals surface area (Å²) in [6.45, 7) is 11.3. The van der Waals surface area contributed by atoms with Gasteiger partial charge >= 0.3 is 0 Å². The monoisotopic (exact) mass is 465 g/mol. The minimum Gasteiger partial charge on any atom is -0.312 e. The van der Waals surface area contributed by atoms with Crippen molar-refractivity contribution in [3.8, 4) is 10.6 Å². The topological polar surface area (TPSA) is 63.1 Å². The molecule has 3 aromatic heterocycles. The number of likely N-dealkylation sites (N-methyl/N-ethyl adjacent to an activating group) is 1. The Balaban J connectivity index is 1.56. The number of rotatable bonds is 5. The van der Waals surface area contributed by atoms with Gasteiger partial charge in [-0.2, -0.15) is 5.10 Å². The molecule has 8 heteroatoms. The van der Waals surface area contributed by atoms with Crippen LogP contribution in [-0.4, -0.2) is 38.7 Å². The number of thiophene rings is 1. The molecule has 5 rings (SSSR count). The zero-order valence-electron chi connectivity index (χ0n) is 18.8. The molecule has 1 aromatic carbocycles. The lowest BCUT2D eigenvalue weighted by atomic mass is 10.0. The van der Waals surface area contributed by atoms with Gasteiger partial charge in [0.05, 0.1) is 10.2 Å². The number of amides is 1.